The highest BCUT2D eigenvalue weighted by atomic mass is 19.1. The number of amides is 1. The number of piperidine rings is 1. The van der Waals surface area contributed by atoms with Crippen molar-refractivity contribution in [2.24, 2.45) is 0 Å². The van der Waals surface area contributed by atoms with E-state index >= 15 is 4.39 Å². The Morgan fingerprint density at radius 2 is 1.98 bits per heavy atom. The second-order valence-electron chi connectivity index (χ2n) is 12.8. The smallest absolute Gasteiger partial charge is 0.246 e. The van der Waals surface area contributed by atoms with Crippen molar-refractivity contribution in [3.8, 4) is 23.1 Å². The summed E-state index contributed by atoms with van der Waals surface area (Å²) in [4.78, 5) is 21.8. The first-order valence-electron chi connectivity index (χ1n) is 16.3. The molecule has 11 heteroatoms. The summed E-state index contributed by atoms with van der Waals surface area (Å²) in [5.74, 6) is -0.293. The number of likely N-dealkylation sites (tertiary alicyclic amines) is 2. The predicted octanol–water partition coefficient (Wildman–Crippen LogP) is 5.83. The monoisotopic (exact) mass is 639 g/mol. The largest absolute Gasteiger partial charge is 0.474 e. The maximum Gasteiger partial charge on any atom is 0.246 e. The van der Waals surface area contributed by atoms with Crippen LogP contribution >= 0.6 is 0 Å². The van der Waals surface area contributed by atoms with Gasteiger partial charge in [-0.1, -0.05) is 29.5 Å². The van der Waals surface area contributed by atoms with Crippen LogP contribution < -0.4 is 4.74 Å². The van der Waals surface area contributed by atoms with Gasteiger partial charge < -0.3 is 19.3 Å². The number of nitriles is 1. The highest BCUT2D eigenvalue weighted by Gasteiger charge is 2.34. The van der Waals surface area contributed by atoms with E-state index in [1.807, 2.05) is 49.7 Å². The Balaban J connectivity index is 1.46. The van der Waals surface area contributed by atoms with E-state index in [9.17, 15) is 10.1 Å². The van der Waals surface area contributed by atoms with Gasteiger partial charge in [-0.05, 0) is 88.4 Å². The van der Waals surface area contributed by atoms with Crippen LogP contribution in [-0.4, -0.2) is 88.2 Å². The van der Waals surface area contributed by atoms with Crippen LogP contribution in [0.25, 0.3) is 33.1 Å². The van der Waals surface area contributed by atoms with Crippen molar-refractivity contribution in [3.05, 3.63) is 58.9 Å². The number of ether oxygens (including phenoxy) is 2. The summed E-state index contributed by atoms with van der Waals surface area (Å²) in [5.41, 5.74) is 5.59. The Kier molecular flexibility index (Phi) is 9.52. The molecule has 6 rings (SSSR count). The Bertz CT molecular complexity index is 1880. The molecule has 0 bridgehead atoms. The molecule has 0 saturated carbocycles. The van der Waals surface area contributed by atoms with Gasteiger partial charge >= 0.3 is 0 Å². The third kappa shape index (κ3) is 6.20. The maximum absolute atomic E-state index is 16.9. The highest BCUT2D eigenvalue weighted by Crippen LogP contribution is 2.40. The van der Waals surface area contributed by atoms with Gasteiger partial charge in [-0.2, -0.15) is 5.26 Å². The van der Waals surface area contributed by atoms with E-state index in [0.29, 0.717) is 54.6 Å². The average molecular weight is 640 g/mol. The van der Waals surface area contributed by atoms with Crippen molar-refractivity contribution in [3.63, 3.8) is 0 Å². The minimum Gasteiger partial charge on any atom is -0.474 e. The number of methoxy groups -OCH3 is 1. The lowest BCUT2D eigenvalue weighted by Crippen LogP contribution is -2.46. The van der Waals surface area contributed by atoms with Crippen molar-refractivity contribution in [2.45, 2.75) is 71.0 Å². The molecular formula is C36H42FN7O3. The van der Waals surface area contributed by atoms with Crippen LogP contribution in [0, 0.1) is 37.9 Å². The highest BCUT2D eigenvalue weighted by molar-refractivity contribution is 6.06. The number of halogens is 1. The average Bonchev–Trinajstić information content (AvgIpc) is 3.69. The zero-order valence-corrected chi connectivity index (χ0v) is 27.8. The fourth-order valence-electron chi connectivity index (χ4n) is 7.16. The maximum atomic E-state index is 16.9. The predicted molar refractivity (Wildman–Crippen MR) is 179 cm³/mol. The van der Waals surface area contributed by atoms with E-state index < -0.39 is 5.82 Å². The van der Waals surface area contributed by atoms with Crippen LogP contribution in [0.4, 0.5) is 4.39 Å². The molecule has 10 nitrogen and oxygen atoms in total. The Labute approximate surface area is 274 Å². The quantitative estimate of drug-likeness (QED) is 0.211. The Hall–Kier alpha value is -4.40. The number of nitrogens with zero attached hydrogens (tertiary/aromatic N) is 7. The number of fused-ring (bicyclic) bond motifs is 3. The molecule has 2 aromatic heterocycles. The summed E-state index contributed by atoms with van der Waals surface area (Å²) in [7, 11) is 3.66. The van der Waals surface area contributed by atoms with Crippen LogP contribution in [-0.2, 0) is 9.53 Å². The van der Waals surface area contributed by atoms with Gasteiger partial charge in [0.15, 0.2) is 11.3 Å². The number of aryl methyl sites for hydroxylation is 2. The number of hydrogen-bond acceptors (Lipinski definition) is 8. The van der Waals surface area contributed by atoms with Crippen molar-refractivity contribution in [2.75, 3.05) is 40.5 Å². The molecule has 0 spiro atoms. The molecule has 1 amide bonds. The first kappa shape index (κ1) is 32.5. The van der Waals surface area contributed by atoms with Crippen molar-refractivity contribution >= 4 is 27.8 Å². The van der Waals surface area contributed by atoms with Crippen LogP contribution in [0.5, 0.6) is 5.88 Å². The number of rotatable bonds is 9. The van der Waals surface area contributed by atoms with Gasteiger partial charge in [0.05, 0.1) is 25.1 Å². The molecule has 0 radical (unpaired) electrons. The fourth-order valence-corrected chi connectivity index (χ4v) is 7.16. The van der Waals surface area contributed by atoms with Gasteiger partial charge in [0.25, 0.3) is 0 Å². The van der Waals surface area contributed by atoms with Crippen molar-refractivity contribution in [1.82, 2.24) is 29.8 Å². The summed E-state index contributed by atoms with van der Waals surface area (Å²) in [5, 5.41) is 19.4. The number of aromatic nitrogens is 4. The Morgan fingerprint density at radius 3 is 2.72 bits per heavy atom. The molecule has 47 heavy (non-hydrogen) atoms. The molecule has 4 aromatic rings. The second-order valence-corrected chi connectivity index (χ2v) is 12.8. The number of benzene rings is 2. The third-order valence-electron chi connectivity index (χ3n) is 9.93. The number of hydrogen-bond donors (Lipinski definition) is 0. The lowest BCUT2D eigenvalue weighted by molar-refractivity contribution is -0.130. The lowest BCUT2D eigenvalue weighted by atomic mass is 9.92. The van der Waals surface area contributed by atoms with E-state index in [1.54, 1.807) is 18.1 Å². The zero-order chi connectivity index (χ0) is 33.2. The molecule has 2 saturated heterocycles. The molecule has 2 aliphatic rings. The lowest BCUT2D eigenvalue weighted by Gasteiger charge is -2.38. The molecule has 2 aromatic carbocycles. The summed E-state index contributed by atoms with van der Waals surface area (Å²) in [6.07, 6.45) is 6.58. The van der Waals surface area contributed by atoms with E-state index in [2.05, 4.69) is 28.3 Å². The number of carbonyl (C=O) groups excluding carboxylic acids is 1. The summed E-state index contributed by atoms with van der Waals surface area (Å²) in [6, 6.07) is 9.90. The molecule has 246 valence electrons. The van der Waals surface area contributed by atoms with Crippen LogP contribution in [0.2, 0.25) is 0 Å². The van der Waals surface area contributed by atoms with E-state index in [4.69, 9.17) is 14.5 Å². The van der Waals surface area contributed by atoms with Crippen molar-refractivity contribution < 1.29 is 18.7 Å². The molecule has 2 aliphatic heterocycles. The molecule has 4 heterocycles. The summed E-state index contributed by atoms with van der Waals surface area (Å²) in [6.45, 7) is 8.15. The van der Waals surface area contributed by atoms with Gasteiger partial charge in [-0.3, -0.25) is 4.79 Å². The zero-order valence-electron chi connectivity index (χ0n) is 27.8. The number of pyridine rings is 1. The van der Waals surface area contributed by atoms with Crippen LogP contribution in [0.15, 0.2) is 36.4 Å². The second kappa shape index (κ2) is 13.8. The van der Waals surface area contributed by atoms with Crippen LogP contribution in [0.3, 0.4) is 0 Å². The minimum atomic E-state index is -0.406. The molecule has 0 aliphatic carbocycles. The van der Waals surface area contributed by atoms with Gasteiger partial charge in [0, 0.05) is 42.8 Å². The number of carbonyl (C=O) groups is 1. The van der Waals surface area contributed by atoms with E-state index in [-0.39, 0.29) is 41.9 Å². The van der Waals surface area contributed by atoms with Gasteiger partial charge in [0.2, 0.25) is 11.8 Å². The van der Waals surface area contributed by atoms with Gasteiger partial charge in [-0.25, -0.2) is 14.1 Å². The molecule has 3 atom stereocenters. The minimum absolute atomic E-state index is 0.150. The van der Waals surface area contributed by atoms with E-state index in [0.717, 1.165) is 41.6 Å². The van der Waals surface area contributed by atoms with Crippen molar-refractivity contribution in [1.29, 1.82) is 5.26 Å². The fraction of sp³-hybridized carbons (Fsp3) is 0.472. The SMILES string of the molecule is COC/C=C/C(=O)N1CC[C@H](n2nnc3c(OC[C@@H]4CCCN4C)nc4c(F)c(-c5cccc(C)c5C)c(C)cc4c32)C[C@H]1CC#N. The topological polar surface area (TPSA) is 109 Å². The third-order valence-corrected chi connectivity index (χ3v) is 9.93. The van der Waals surface area contributed by atoms with Gasteiger partial charge in [-0.15, -0.1) is 5.10 Å². The van der Waals surface area contributed by atoms with Gasteiger partial charge in [0.1, 0.15) is 17.6 Å². The molecule has 0 unspecified atom stereocenters. The molecule has 0 N–H and O–H groups in total. The standard InChI is InChI=1S/C36H42FN7O3/c1-22-9-6-11-28(24(22)3)31-23(2)19-29-33(32(31)37)39-36(47-21-27-10-7-16-42(27)4)34-35(29)44(41-40-34)26-14-17-43(25(20-26)13-15-38)30(45)12-8-18-46-5/h6,8-9,11-12,19,25-27H,7,10,13-14,16-18,20-21H2,1-5H3/b12-8+/t25-,26+,27+/m1/s1. The van der Waals surface area contributed by atoms with Crippen LogP contribution in [0.1, 0.15) is 54.8 Å². The number of likely N-dealkylation sites (N-methyl/N-ethyl adjacent to an activating group) is 1. The first-order chi connectivity index (χ1) is 22.7. The summed E-state index contributed by atoms with van der Waals surface area (Å²) >= 11 is 0. The first-order valence-corrected chi connectivity index (χ1v) is 16.3. The normalized spacial score (nSPS) is 20.4. The van der Waals surface area contributed by atoms with E-state index in [1.165, 1.54) is 6.08 Å². The molecule has 2 fully saturated rings. The molecular weight excluding hydrogens is 597 g/mol. The Morgan fingerprint density at radius 1 is 1.15 bits per heavy atom. The summed E-state index contributed by atoms with van der Waals surface area (Å²) < 4.78 is 30.1.